The smallest absolute Gasteiger partial charge is 0.287 e. The van der Waals surface area contributed by atoms with Gasteiger partial charge in [-0.05, 0) is 36.4 Å². The lowest BCUT2D eigenvalue weighted by atomic mass is 10.1. The summed E-state index contributed by atoms with van der Waals surface area (Å²) < 4.78 is 3.98. The van der Waals surface area contributed by atoms with Gasteiger partial charge in [0.2, 0.25) is 0 Å². The second kappa shape index (κ2) is 7.31. The molecule has 0 radical (unpaired) electrons. The van der Waals surface area contributed by atoms with Gasteiger partial charge in [0.15, 0.2) is 5.82 Å². The van der Waals surface area contributed by atoms with E-state index >= 15 is 0 Å². The number of carbonyl (C=O) groups excluding carboxylic acids is 1. The Kier molecular flexibility index (Phi) is 4.48. The molecule has 2 aromatic carbocycles. The van der Waals surface area contributed by atoms with Crippen LogP contribution in [0.1, 0.15) is 16.3 Å². The van der Waals surface area contributed by atoms with Gasteiger partial charge in [0.05, 0.1) is 29.0 Å². The average Bonchev–Trinajstić information content (AvgIpc) is 3.33. The molecule has 0 spiro atoms. The quantitative estimate of drug-likeness (QED) is 0.472. The highest BCUT2D eigenvalue weighted by Gasteiger charge is 2.20. The first-order chi connectivity index (χ1) is 14.7. The van der Waals surface area contributed by atoms with Crippen LogP contribution in [0.5, 0.6) is 0 Å². The number of nitrogens with one attached hydrogen (secondary N) is 1. The number of amides is 1. The predicted octanol–water partition coefficient (Wildman–Crippen LogP) is 4.41. The molecule has 0 aliphatic rings. The van der Waals surface area contributed by atoms with Crippen molar-refractivity contribution >= 4 is 34.2 Å². The van der Waals surface area contributed by atoms with Crippen LogP contribution in [0.15, 0.2) is 72.9 Å². The molecule has 5 rings (SSSR count). The molecule has 148 valence electrons. The number of pyridine rings is 1. The van der Waals surface area contributed by atoms with Crippen molar-refractivity contribution in [2.75, 3.05) is 7.05 Å². The van der Waals surface area contributed by atoms with Crippen LogP contribution in [0.2, 0.25) is 5.02 Å². The number of nitrogens with zero attached hydrogens (tertiary/aromatic N) is 4. The summed E-state index contributed by atoms with van der Waals surface area (Å²) in [5, 5.41) is 3.37. The number of hydrogen-bond acceptors (Lipinski definition) is 3. The van der Waals surface area contributed by atoms with Gasteiger partial charge >= 0.3 is 0 Å². The highest BCUT2D eigenvalue weighted by Crippen LogP contribution is 2.28. The third kappa shape index (κ3) is 3.02. The van der Waals surface area contributed by atoms with E-state index in [4.69, 9.17) is 16.6 Å². The van der Waals surface area contributed by atoms with Crippen molar-refractivity contribution in [3.63, 3.8) is 0 Å². The molecule has 0 saturated heterocycles. The van der Waals surface area contributed by atoms with Crippen LogP contribution >= 0.6 is 11.6 Å². The third-order valence-electron chi connectivity index (χ3n) is 5.14. The number of halogens is 1. The molecule has 0 aliphatic heterocycles. The topological polar surface area (TPSA) is 64.2 Å². The van der Waals surface area contributed by atoms with Crippen molar-refractivity contribution in [1.82, 2.24) is 24.3 Å². The minimum atomic E-state index is -0.229. The van der Waals surface area contributed by atoms with E-state index in [1.54, 1.807) is 7.05 Å². The molecule has 3 aromatic heterocycles. The molecule has 3 heterocycles. The molecule has 0 atom stereocenters. The molecule has 30 heavy (non-hydrogen) atoms. The van der Waals surface area contributed by atoms with E-state index < -0.39 is 0 Å². The molecule has 0 aliphatic carbocycles. The normalized spacial score (nSPS) is 11.3. The zero-order valence-corrected chi connectivity index (χ0v) is 17.0. The summed E-state index contributed by atoms with van der Waals surface area (Å²) in [6.45, 7) is 0.437. The summed E-state index contributed by atoms with van der Waals surface area (Å²) in [5.41, 5.74) is 5.27. The van der Waals surface area contributed by atoms with Gasteiger partial charge in [-0.2, -0.15) is 0 Å². The molecular formula is C23H18ClN5O. The molecule has 6 nitrogen and oxygen atoms in total. The summed E-state index contributed by atoms with van der Waals surface area (Å²) in [5.74, 6) is 0.139. The van der Waals surface area contributed by atoms with Crippen molar-refractivity contribution in [2.45, 2.75) is 6.54 Å². The van der Waals surface area contributed by atoms with Gasteiger partial charge in [-0.1, -0.05) is 41.9 Å². The number of hydrogen-bond donors (Lipinski definition) is 1. The van der Waals surface area contributed by atoms with Crippen molar-refractivity contribution in [1.29, 1.82) is 0 Å². The van der Waals surface area contributed by atoms with Crippen molar-refractivity contribution in [3.05, 3.63) is 89.5 Å². The molecule has 5 aromatic rings. The SMILES string of the molecule is CNC(=O)c1nc2ccccc2n1Cc1c(-c2ccc(Cl)cc2)nc2ccccn12. The van der Waals surface area contributed by atoms with E-state index in [-0.39, 0.29) is 5.91 Å². The molecule has 0 unspecified atom stereocenters. The summed E-state index contributed by atoms with van der Waals surface area (Å²) in [4.78, 5) is 22.0. The minimum Gasteiger partial charge on any atom is -0.352 e. The van der Waals surface area contributed by atoms with Gasteiger partial charge in [0.25, 0.3) is 5.91 Å². The van der Waals surface area contributed by atoms with E-state index in [0.29, 0.717) is 17.4 Å². The van der Waals surface area contributed by atoms with Crippen LogP contribution in [-0.2, 0) is 6.54 Å². The first kappa shape index (κ1) is 18.4. The zero-order valence-electron chi connectivity index (χ0n) is 16.2. The van der Waals surface area contributed by atoms with Crippen molar-refractivity contribution in [3.8, 4) is 11.3 Å². The Morgan fingerprint density at radius 1 is 1.00 bits per heavy atom. The van der Waals surface area contributed by atoms with Crippen LogP contribution in [0.3, 0.4) is 0 Å². The van der Waals surface area contributed by atoms with Gasteiger partial charge in [0, 0.05) is 23.8 Å². The lowest BCUT2D eigenvalue weighted by molar-refractivity contribution is 0.0949. The lowest BCUT2D eigenvalue weighted by Crippen LogP contribution is -2.23. The van der Waals surface area contributed by atoms with Gasteiger partial charge in [0.1, 0.15) is 5.65 Å². The van der Waals surface area contributed by atoms with Crippen molar-refractivity contribution < 1.29 is 4.79 Å². The minimum absolute atomic E-state index is 0.229. The Bertz CT molecular complexity index is 1380. The third-order valence-corrected chi connectivity index (χ3v) is 5.39. The van der Waals surface area contributed by atoms with Gasteiger partial charge in [-0.3, -0.25) is 4.79 Å². The fraction of sp³-hybridized carbons (Fsp3) is 0.0870. The standard InChI is InChI=1S/C23H18ClN5O/c1-25-23(30)22-26-17-6-2-3-7-18(17)29(22)14-19-21(15-9-11-16(24)12-10-15)27-20-8-4-5-13-28(19)20/h2-13H,14H2,1H3,(H,25,30). The summed E-state index contributed by atoms with van der Waals surface area (Å²) >= 11 is 6.09. The highest BCUT2D eigenvalue weighted by atomic mass is 35.5. The average molecular weight is 416 g/mol. The Morgan fingerprint density at radius 3 is 2.57 bits per heavy atom. The van der Waals surface area contributed by atoms with Gasteiger partial charge in [-0.25, -0.2) is 9.97 Å². The second-order valence-corrected chi connectivity index (χ2v) is 7.37. The largest absolute Gasteiger partial charge is 0.352 e. The number of aromatic nitrogens is 4. The van der Waals surface area contributed by atoms with Gasteiger partial charge in [-0.15, -0.1) is 0 Å². The summed E-state index contributed by atoms with van der Waals surface area (Å²) in [6, 6.07) is 21.3. The number of benzene rings is 2. The molecule has 7 heteroatoms. The maximum absolute atomic E-state index is 12.6. The van der Waals surface area contributed by atoms with E-state index in [9.17, 15) is 4.79 Å². The maximum Gasteiger partial charge on any atom is 0.287 e. The zero-order chi connectivity index (χ0) is 20.7. The molecular weight excluding hydrogens is 398 g/mol. The monoisotopic (exact) mass is 415 g/mol. The van der Waals surface area contributed by atoms with Crippen LogP contribution in [-0.4, -0.2) is 31.9 Å². The van der Waals surface area contributed by atoms with E-state index in [1.807, 2.05) is 81.9 Å². The van der Waals surface area contributed by atoms with Crippen LogP contribution in [0.25, 0.3) is 27.9 Å². The molecule has 1 N–H and O–H groups in total. The molecule has 1 amide bonds. The fourth-order valence-electron chi connectivity index (χ4n) is 3.71. The molecule has 0 fully saturated rings. The number of fused-ring (bicyclic) bond motifs is 2. The van der Waals surface area contributed by atoms with Crippen LogP contribution < -0.4 is 5.32 Å². The second-order valence-electron chi connectivity index (χ2n) is 6.93. The van der Waals surface area contributed by atoms with Crippen LogP contribution in [0, 0.1) is 0 Å². The first-order valence-corrected chi connectivity index (χ1v) is 9.93. The Balaban J connectivity index is 1.74. The van der Waals surface area contributed by atoms with Crippen molar-refractivity contribution in [2.24, 2.45) is 0 Å². The number of carbonyl (C=O) groups is 1. The lowest BCUT2D eigenvalue weighted by Gasteiger charge is -2.11. The number of imidazole rings is 2. The Hall–Kier alpha value is -3.64. The summed E-state index contributed by atoms with van der Waals surface area (Å²) in [7, 11) is 1.61. The number of para-hydroxylation sites is 2. The fourth-order valence-corrected chi connectivity index (χ4v) is 3.83. The van der Waals surface area contributed by atoms with Gasteiger partial charge < -0.3 is 14.3 Å². The maximum atomic E-state index is 12.6. The van der Waals surface area contributed by atoms with E-state index in [0.717, 1.165) is 33.6 Å². The van der Waals surface area contributed by atoms with E-state index in [2.05, 4.69) is 10.3 Å². The highest BCUT2D eigenvalue weighted by molar-refractivity contribution is 6.30. The summed E-state index contributed by atoms with van der Waals surface area (Å²) in [6.07, 6.45) is 1.98. The molecule has 0 bridgehead atoms. The van der Waals surface area contributed by atoms with Crippen LogP contribution in [0.4, 0.5) is 0 Å². The first-order valence-electron chi connectivity index (χ1n) is 9.55. The molecule has 0 saturated carbocycles. The van der Waals surface area contributed by atoms with E-state index in [1.165, 1.54) is 0 Å². The number of rotatable bonds is 4. The Labute approximate surface area is 177 Å². The predicted molar refractivity (Wildman–Crippen MR) is 118 cm³/mol. The Morgan fingerprint density at radius 2 is 1.77 bits per heavy atom.